The van der Waals surface area contributed by atoms with Crippen LogP contribution in [0.5, 0.6) is 5.75 Å². The molecule has 2 aromatic carbocycles. The summed E-state index contributed by atoms with van der Waals surface area (Å²) in [6, 6.07) is 11.5. The first-order valence-electron chi connectivity index (χ1n) is 8.37. The van der Waals surface area contributed by atoms with Gasteiger partial charge in [0.1, 0.15) is 5.75 Å². The number of benzene rings is 2. The Hall–Kier alpha value is -3.09. The summed E-state index contributed by atoms with van der Waals surface area (Å²) in [5.41, 5.74) is 4.42. The largest absolute Gasteiger partial charge is 0.435 e. The summed E-state index contributed by atoms with van der Waals surface area (Å²) < 4.78 is 28.7. The summed E-state index contributed by atoms with van der Waals surface area (Å²) in [5.74, 6) is -0.0775. The van der Waals surface area contributed by atoms with Gasteiger partial charge >= 0.3 is 6.61 Å². The average Bonchev–Trinajstić information content (AvgIpc) is 2.63. The third-order valence-corrected chi connectivity index (χ3v) is 4.24. The van der Waals surface area contributed by atoms with E-state index in [0.29, 0.717) is 17.6 Å². The Morgan fingerprint density at radius 1 is 1.04 bits per heavy atom. The Balaban J connectivity index is 1.75. The molecule has 1 heterocycles. The molecular weight excluding hydrogens is 352 g/mol. The predicted octanol–water partition coefficient (Wildman–Crippen LogP) is 4.12. The van der Waals surface area contributed by atoms with E-state index in [-0.39, 0.29) is 11.7 Å². The second-order valence-corrected chi connectivity index (χ2v) is 6.28. The first-order valence-corrected chi connectivity index (χ1v) is 8.37. The Morgan fingerprint density at radius 2 is 1.67 bits per heavy atom. The first kappa shape index (κ1) is 18.7. The number of rotatable bonds is 5. The SMILES string of the molecule is Cc1nc2ccc(C(=O)N(C)Cc3ccc(OC(F)F)cc3)cc2nc1C. The van der Waals surface area contributed by atoms with Crippen LogP contribution in [0.2, 0.25) is 0 Å². The number of ether oxygens (including phenoxy) is 1. The molecule has 0 saturated heterocycles. The van der Waals surface area contributed by atoms with Crippen molar-refractivity contribution in [3.8, 4) is 5.75 Å². The number of hydrogen-bond donors (Lipinski definition) is 0. The van der Waals surface area contributed by atoms with Crippen molar-refractivity contribution in [1.82, 2.24) is 14.9 Å². The number of aryl methyl sites for hydroxylation is 2. The van der Waals surface area contributed by atoms with Crippen molar-refractivity contribution in [1.29, 1.82) is 0 Å². The van der Waals surface area contributed by atoms with Gasteiger partial charge in [0.15, 0.2) is 0 Å². The summed E-state index contributed by atoms with van der Waals surface area (Å²) in [4.78, 5) is 23.2. The second-order valence-electron chi connectivity index (χ2n) is 6.28. The Kier molecular flexibility index (Phi) is 5.30. The van der Waals surface area contributed by atoms with Crippen LogP contribution in [0.4, 0.5) is 8.78 Å². The van der Waals surface area contributed by atoms with Crippen LogP contribution >= 0.6 is 0 Å². The quantitative estimate of drug-likeness (QED) is 0.677. The van der Waals surface area contributed by atoms with Crippen LogP contribution in [-0.4, -0.2) is 34.4 Å². The molecule has 0 atom stereocenters. The Morgan fingerprint density at radius 3 is 2.30 bits per heavy atom. The molecule has 3 rings (SSSR count). The summed E-state index contributed by atoms with van der Waals surface area (Å²) in [5, 5.41) is 0. The number of aromatic nitrogens is 2. The summed E-state index contributed by atoms with van der Waals surface area (Å²) >= 11 is 0. The molecule has 1 amide bonds. The normalized spacial score (nSPS) is 11.0. The highest BCUT2D eigenvalue weighted by atomic mass is 19.3. The van der Waals surface area contributed by atoms with Gasteiger partial charge in [-0.25, -0.2) is 9.97 Å². The van der Waals surface area contributed by atoms with Crippen molar-refractivity contribution in [3.05, 3.63) is 65.0 Å². The lowest BCUT2D eigenvalue weighted by Gasteiger charge is -2.18. The smallest absolute Gasteiger partial charge is 0.387 e. The van der Waals surface area contributed by atoms with E-state index in [9.17, 15) is 13.6 Å². The molecule has 7 heteroatoms. The highest BCUT2D eigenvalue weighted by molar-refractivity contribution is 5.97. The monoisotopic (exact) mass is 371 g/mol. The maximum atomic E-state index is 12.7. The van der Waals surface area contributed by atoms with Gasteiger partial charge in [-0.2, -0.15) is 8.78 Å². The molecule has 0 radical (unpaired) electrons. The molecule has 0 saturated carbocycles. The molecule has 0 fully saturated rings. The molecule has 140 valence electrons. The lowest BCUT2D eigenvalue weighted by atomic mass is 10.1. The van der Waals surface area contributed by atoms with Gasteiger partial charge in [-0.15, -0.1) is 0 Å². The maximum Gasteiger partial charge on any atom is 0.387 e. The third kappa shape index (κ3) is 4.36. The van der Waals surface area contributed by atoms with Crippen LogP contribution in [0.3, 0.4) is 0 Å². The number of alkyl halides is 2. The van der Waals surface area contributed by atoms with Crippen molar-refractivity contribution in [2.24, 2.45) is 0 Å². The van der Waals surface area contributed by atoms with Gasteiger partial charge < -0.3 is 9.64 Å². The molecule has 0 aliphatic carbocycles. The van der Waals surface area contributed by atoms with Gasteiger partial charge in [-0.3, -0.25) is 4.79 Å². The third-order valence-electron chi connectivity index (χ3n) is 4.24. The van der Waals surface area contributed by atoms with Crippen LogP contribution in [0.1, 0.15) is 27.3 Å². The number of amides is 1. The minimum atomic E-state index is -2.86. The fourth-order valence-corrected chi connectivity index (χ4v) is 2.71. The van der Waals surface area contributed by atoms with Gasteiger partial charge in [-0.05, 0) is 49.7 Å². The summed E-state index contributed by atoms with van der Waals surface area (Å²) in [6.45, 7) is 1.25. The predicted molar refractivity (Wildman–Crippen MR) is 97.9 cm³/mol. The van der Waals surface area contributed by atoms with E-state index in [1.54, 1.807) is 42.3 Å². The maximum absolute atomic E-state index is 12.7. The van der Waals surface area contributed by atoms with Crippen molar-refractivity contribution in [2.45, 2.75) is 27.0 Å². The minimum Gasteiger partial charge on any atom is -0.435 e. The standard InChI is InChI=1S/C20H19F2N3O2/c1-12-13(2)24-18-10-15(6-9-17(18)23-12)19(26)25(3)11-14-4-7-16(8-5-14)27-20(21)22/h4-10,20H,11H2,1-3H3. The molecule has 5 nitrogen and oxygen atoms in total. The molecule has 0 aliphatic rings. The zero-order chi connectivity index (χ0) is 19.6. The second kappa shape index (κ2) is 7.65. The molecule has 3 aromatic rings. The zero-order valence-corrected chi connectivity index (χ0v) is 15.2. The molecule has 0 spiro atoms. The Bertz CT molecular complexity index is 975. The molecule has 0 bridgehead atoms. The highest BCUT2D eigenvalue weighted by Crippen LogP contribution is 2.18. The Labute approximate surface area is 155 Å². The van der Waals surface area contributed by atoms with Crippen LogP contribution in [0.15, 0.2) is 42.5 Å². The zero-order valence-electron chi connectivity index (χ0n) is 15.2. The van der Waals surface area contributed by atoms with E-state index in [1.165, 1.54) is 12.1 Å². The first-order chi connectivity index (χ1) is 12.8. The molecule has 0 N–H and O–H groups in total. The average molecular weight is 371 g/mol. The lowest BCUT2D eigenvalue weighted by molar-refractivity contribution is -0.0498. The molecule has 27 heavy (non-hydrogen) atoms. The highest BCUT2D eigenvalue weighted by Gasteiger charge is 2.14. The van der Waals surface area contributed by atoms with Crippen molar-refractivity contribution in [2.75, 3.05) is 7.05 Å². The van der Waals surface area contributed by atoms with Crippen molar-refractivity contribution < 1.29 is 18.3 Å². The molecule has 0 unspecified atom stereocenters. The van der Waals surface area contributed by atoms with Crippen LogP contribution in [0.25, 0.3) is 11.0 Å². The van der Waals surface area contributed by atoms with Gasteiger partial charge in [0, 0.05) is 19.2 Å². The van der Waals surface area contributed by atoms with Gasteiger partial charge in [-0.1, -0.05) is 12.1 Å². The fraction of sp³-hybridized carbons (Fsp3) is 0.250. The van der Waals surface area contributed by atoms with Crippen LogP contribution < -0.4 is 4.74 Å². The molecule has 1 aromatic heterocycles. The van der Waals surface area contributed by atoms with Gasteiger partial charge in [0.25, 0.3) is 5.91 Å². The topological polar surface area (TPSA) is 55.3 Å². The minimum absolute atomic E-state index is 0.0847. The molecular formula is C20H19F2N3O2. The van der Waals surface area contributed by atoms with E-state index in [0.717, 1.165) is 22.5 Å². The number of hydrogen-bond acceptors (Lipinski definition) is 4. The van der Waals surface area contributed by atoms with E-state index in [4.69, 9.17) is 0 Å². The van der Waals surface area contributed by atoms with E-state index in [1.807, 2.05) is 13.8 Å². The number of halogens is 2. The van der Waals surface area contributed by atoms with Crippen molar-refractivity contribution in [3.63, 3.8) is 0 Å². The molecule has 0 aliphatic heterocycles. The number of carbonyl (C=O) groups is 1. The number of nitrogens with zero attached hydrogens (tertiary/aromatic N) is 3. The fourth-order valence-electron chi connectivity index (χ4n) is 2.71. The number of fused-ring (bicyclic) bond motifs is 1. The van der Waals surface area contributed by atoms with E-state index < -0.39 is 6.61 Å². The van der Waals surface area contributed by atoms with E-state index >= 15 is 0 Å². The summed E-state index contributed by atoms with van der Waals surface area (Å²) in [7, 11) is 1.68. The van der Waals surface area contributed by atoms with Crippen LogP contribution in [0, 0.1) is 13.8 Å². The lowest BCUT2D eigenvalue weighted by Crippen LogP contribution is -2.26. The van der Waals surface area contributed by atoms with E-state index in [2.05, 4.69) is 14.7 Å². The van der Waals surface area contributed by atoms with Crippen molar-refractivity contribution >= 4 is 16.9 Å². The van der Waals surface area contributed by atoms with Crippen LogP contribution in [-0.2, 0) is 6.54 Å². The van der Waals surface area contributed by atoms with Gasteiger partial charge in [0.05, 0.1) is 22.4 Å². The van der Waals surface area contributed by atoms with Gasteiger partial charge in [0.2, 0.25) is 0 Å². The summed E-state index contributed by atoms with van der Waals surface area (Å²) in [6.07, 6.45) is 0. The number of carbonyl (C=O) groups excluding carboxylic acids is 1.